The van der Waals surface area contributed by atoms with E-state index in [1.165, 1.54) is 6.42 Å². The first-order chi connectivity index (χ1) is 5.81. The van der Waals surface area contributed by atoms with Crippen LogP contribution in [0, 0.1) is 0 Å². The number of rotatable bonds is 2. The van der Waals surface area contributed by atoms with Crippen molar-refractivity contribution in [2.45, 2.75) is 33.1 Å². The molecule has 1 aliphatic rings. The van der Waals surface area contributed by atoms with Crippen molar-refractivity contribution in [1.82, 2.24) is 10.4 Å². The minimum Gasteiger partial charge on any atom is -0.317 e. The third kappa shape index (κ3) is 7.98. The highest BCUT2D eigenvalue weighted by Gasteiger charge is 2.06. The summed E-state index contributed by atoms with van der Waals surface area (Å²) in [6.07, 6.45) is 3.45. The number of nitrogens with one attached hydrogen (secondary N) is 1. The van der Waals surface area contributed by atoms with E-state index in [1.807, 2.05) is 0 Å². The molecule has 1 rings (SSSR count). The zero-order valence-electron chi connectivity index (χ0n) is 8.31. The van der Waals surface area contributed by atoms with Gasteiger partial charge in [0, 0.05) is 13.1 Å². The smallest absolute Gasteiger partial charge is 0.0271 e. The maximum Gasteiger partial charge on any atom is 0.0271 e. The van der Waals surface area contributed by atoms with E-state index in [0.29, 0.717) is 0 Å². The van der Waals surface area contributed by atoms with Gasteiger partial charge >= 0.3 is 0 Å². The first kappa shape index (κ1) is 11.9. The first-order valence-corrected chi connectivity index (χ1v) is 4.94. The highest BCUT2D eigenvalue weighted by atomic mass is 16.5. The lowest BCUT2D eigenvalue weighted by atomic mass is 10.2. The molecule has 73 valence electrons. The highest BCUT2D eigenvalue weighted by molar-refractivity contribution is 4.54. The van der Waals surface area contributed by atoms with Crippen molar-refractivity contribution < 1.29 is 5.21 Å². The van der Waals surface area contributed by atoms with Crippen LogP contribution >= 0.6 is 0 Å². The monoisotopic (exact) mass is 173 g/mol. The molecule has 0 unspecified atom stereocenters. The molecular weight excluding hydrogens is 152 g/mol. The molecule has 1 heterocycles. The summed E-state index contributed by atoms with van der Waals surface area (Å²) in [6.45, 7) is 7.92. The van der Waals surface area contributed by atoms with Crippen LogP contribution in [0.2, 0.25) is 0 Å². The van der Waals surface area contributed by atoms with E-state index in [1.54, 1.807) is 0 Å². The molecule has 1 radical (unpaired) electrons. The molecular formula is C9H21N2O. The van der Waals surface area contributed by atoms with Gasteiger partial charge in [-0.15, -0.1) is 5.21 Å². The van der Waals surface area contributed by atoms with Gasteiger partial charge < -0.3 is 5.32 Å². The molecule has 0 amide bonds. The zero-order chi connectivity index (χ0) is 9.23. The lowest BCUT2D eigenvalue weighted by Crippen LogP contribution is -2.24. The molecule has 0 aromatic rings. The van der Waals surface area contributed by atoms with E-state index in [-0.39, 0.29) is 0 Å². The summed E-state index contributed by atoms with van der Waals surface area (Å²) in [7, 11) is 0. The van der Waals surface area contributed by atoms with Crippen LogP contribution in [0.3, 0.4) is 0 Å². The third-order valence-electron chi connectivity index (χ3n) is 1.82. The van der Waals surface area contributed by atoms with E-state index < -0.39 is 0 Å². The quantitative estimate of drug-likeness (QED) is 0.685. The Morgan fingerprint density at radius 1 is 1.08 bits per heavy atom. The Kier molecular flexibility index (Phi) is 8.88. The number of hydrogen-bond acceptors (Lipinski definition) is 2. The fraction of sp³-hybridized carbons (Fsp3) is 1.00. The van der Waals surface area contributed by atoms with Crippen LogP contribution in [-0.4, -0.2) is 31.2 Å². The van der Waals surface area contributed by atoms with Crippen LogP contribution in [0.1, 0.15) is 33.1 Å². The molecule has 3 heteroatoms. The van der Waals surface area contributed by atoms with Crippen LogP contribution in [0.25, 0.3) is 0 Å². The minimum absolute atomic E-state index is 0.764. The molecule has 12 heavy (non-hydrogen) atoms. The van der Waals surface area contributed by atoms with Crippen molar-refractivity contribution in [2.24, 2.45) is 0 Å². The highest BCUT2D eigenvalue weighted by Crippen LogP contribution is 2.04. The van der Waals surface area contributed by atoms with Crippen LogP contribution in [0.15, 0.2) is 0 Å². The number of hydroxylamine groups is 2. The normalized spacial score (nSPS) is 18.2. The van der Waals surface area contributed by atoms with Crippen LogP contribution in [0.5, 0.6) is 0 Å². The lowest BCUT2D eigenvalue weighted by Gasteiger charge is -2.15. The van der Waals surface area contributed by atoms with Gasteiger partial charge in [-0.1, -0.05) is 20.3 Å². The minimum atomic E-state index is 0.764. The largest absolute Gasteiger partial charge is 0.317 e. The Hall–Kier alpha value is -0.120. The van der Waals surface area contributed by atoms with Gasteiger partial charge in [0.2, 0.25) is 0 Å². The molecule has 0 atom stereocenters. The van der Waals surface area contributed by atoms with Crippen molar-refractivity contribution in [2.75, 3.05) is 26.2 Å². The standard InChI is InChI=1S/C5H10NO.C4H11N/c7-6-4-2-1-3-5-6;1-3-5-4-2/h1-5H2;5H,3-4H2,1-2H3. The summed E-state index contributed by atoms with van der Waals surface area (Å²) < 4.78 is 0. The number of piperidine rings is 1. The lowest BCUT2D eigenvalue weighted by molar-refractivity contribution is -0.166. The van der Waals surface area contributed by atoms with Gasteiger partial charge in [-0.05, 0) is 25.9 Å². The zero-order valence-corrected chi connectivity index (χ0v) is 8.31. The van der Waals surface area contributed by atoms with Gasteiger partial charge in [0.05, 0.1) is 0 Å². The molecule has 0 aliphatic carbocycles. The SMILES string of the molecule is CCNCC.[O]N1CCCCC1. The second-order valence-electron chi connectivity index (χ2n) is 2.95. The molecule has 3 nitrogen and oxygen atoms in total. The average molecular weight is 173 g/mol. The third-order valence-corrected chi connectivity index (χ3v) is 1.82. The van der Waals surface area contributed by atoms with Gasteiger partial charge in [-0.25, -0.2) is 0 Å². The summed E-state index contributed by atoms with van der Waals surface area (Å²) in [6, 6.07) is 0. The molecule has 0 aromatic carbocycles. The Bertz CT molecular complexity index is 80.6. The van der Waals surface area contributed by atoms with Crippen LogP contribution in [-0.2, 0) is 5.21 Å². The number of hydrogen-bond donors (Lipinski definition) is 1. The van der Waals surface area contributed by atoms with Gasteiger partial charge in [0.1, 0.15) is 0 Å². The van der Waals surface area contributed by atoms with Crippen LogP contribution in [0.4, 0.5) is 0 Å². The van der Waals surface area contributed by atoms with E-state index in [9.17, 15) is 5.21 Å². The predicted octanol–water partition coefficient (Wildman–Crippen LogP) is 1.43. The van der Waals surface area contributed by atoms with E-state index in [4.69, 9.17) is 0 Å². The molecule has 0 bridgehead atoms. The summed E-state index contributed by atoms with van der Waals surface area (Å²) in [5, 5.41) is 14.6. The topological polar surface area (TPSA) is 35.2 Å². The Balaban J connectivity index is 0.000000217. The van der Waals surface area contributed by atoms with Crippen molar-refractivity contribution >= 4 is 0 Å². The van der Waals surface area contributed by atoms with Crippen molar-refractivity contribution in [3.05, 3.63) is 0 Å². The van der Waals surface area contributed by atoms with Gasteiger partial charge in [-0.2, -0.15) is 5.06 Å². The second kappa shape index (κ2) is 8.97. The van der Waals surface area contributed by atoms with Crippen molar-refractivity contribution in [3.63, 3.8) is 0 Å². The Morgan fingerprint density at radius 3 is 1.75 bits per heavy atom. The predicted molar refractivity (Wildman–Crippen MR) is 50.3 cm³/mol. The summed E-state index contributed by atoms with van der Waals surface area (Å²) in [5.41, 5.74) is 0. The molecule has 1 fully saturated rings. The molecule has 1 N–H and O–H groups in total. The van der Waals surface area contributed by atoms with Crippen molar-refractivity contribution in [3.8, 4) is 0 Å². The second-order valence-corrected chi connectivity index (χ2v) is 2.95. The number of nitrogens with zero attached hydrogens (tertiary/aromatic N) is 1. The molecule has 1 aliphatic heterocycles. The summed E-state index contributed by atoms with van der Waals surface area (Å²) in [5.74, 6) is 0. The van der Waals surface area contributed by atoms with Gasteiger partial charge in [-0.3, -0.25) is 0 Å². The van der Waals surface area contributed by atoms with E-state index in [0.717, 1.165) is 44.1 Å². The summed E-state index contributed by atoms with van der Waals surface area (Å²) >= 11 is 0. The Labute approximate surface area is 75.7 Å². The molecule has 0 saturated carbocycles. The van der Waals surface area contributed by atoms with Crippen LogP contribution < -0.4 is 5.32 Å². The molecule has 1 saturated heterocycles. The fourth-order valence-electron chi connectivity index (χ4n) is 1.11. The molecule has 0 aromatic heterocycles. The maximum atomic E-state index is 10.4. The van der Waals surface area contributed by atoms with Gasteiger partial charge in [0.25, 0.3) is 0 Å². The summed E-state index contributed by atoms with van der Waals surface area (Å²) in [4.78, 5) is 0. The first-order valence-electron chi connectivity index (χ1n) is 4.94. The Morgan fingerprint density at radius 2 is 1.58 bits per heavy atom. The van der Waals surface area contributed by atoms with E-state index in [2.05, 4.69) is 19.2 Å². The van der Waals surface area contributed by atoms with E-state index >= 15 is 0 Å². The molecule has 0 spiro atoms. The van der Waals surface area contributed by atoms with Crippen molar-refractivity contribution in [1.29, 1.82) is 0 Å². The van der Waals surface area contributed by atoms with Gasteiger partial charge in [0.15, 0.2) is 0 Å². The maximum absolute atomic E-state index is 10.4. The fourth-order valence-corrected chi connectivity index (χ4v) is 1.11. The average Bonchev–Trinajstić information content (AvgIpc) is 2.08.